The van der Waals surface area contributed by atoms with Crippen molar-refractivity contribution >= 4 is 17.8 Å². The van der Waals surface area contributed by atoms with E-state index in [2.05, 4.69) is 0 Å². The Morgan fingerprint density at radius 3 is 2.05 bits per heavy atom. The second-order valence-electron chi connectivity index (χ2n) is 3.46. The van der Waals surface area contributed by atoms with Crippen LogP contribution in [0.5, 0.6) is 11.5 Å². The largest absolute Gasteiger partial charge is 0.496 e. The highest BCUT2D eigenvalue weighted by Crippen LogP contribution is 2.28. The fourth-order valence-electron chi connectivity index (χ4n) is 1.37. The maximum absolute atomic E-state index is 11.2. The minimum absolute atomic E-state index is 0.0536. The van der Waals surface area contributed by atoms with E-state index in [0.717, 1.165) is 6.07 Å². The minimum Gasteiger partial charge on any atom is -0.496 e. The molecule has 0 fully saturated rings. The summed E-state index contributed by atoms with van der Waals surface area (Å²) in [4.78, 5) is 32.9. The number of methoxy groups -OCH3 is 1. The molecule has 8 nitrogen and oxygen atoms in total. The highest BCUT2D eigenvalue weighted by Gasteiger charge is 2.18. The van der Waals surface area contributed by atoms with Crippen LogP contribution in [-0.4, -0.2) is 36.6 Å². The van der Waals surface area contributed by atoms with Crippen molar-refractivity contribution in [2.24, 2.45) is 11.5 Å². The zero-order valence-electron chi connectivity index (χ0n) is 10.0. The van der Waals surface area contributed by atoms with Gasteiger partial charge in [-0.1, -0.05) is 0 Å². The van der Waals surface area contributed by atoms with Gasteiger partial charge < -0.3 is 26.0 Å². The molecule has 0 bridgehead atoms. The lowest BCUT2D eigenvalue weighted by Gasteiger charge is -2.12. The Hall–Kier alpha value is -2.77. The van der Waals surface area contributed by atoms with Crippen LogP contribution in [-0.2, 0) is 4.79 Å². The smallest absolute Gasteiger partial charge is 0.341 e. The van der Waals surface area contributed by atoms with Gasteiger partial charge in [-0.05, 0) is 6.07 Å². The Kier molecular flexibility index (Phi) is 4.30. The number of amides is 2. The number of benzene rings is 1. The standard InChI is InChI=1S/C11H12N2O6/c1-18-7-3-8(19-4-9(14)15)6(11(13)17)2-5(7)10(12)16/h2-3H,4H2,1H3,(H2,12,16)(H2,13,17)(H,14,15). The number of nitrogens with two attached hydrogens (primary N) is 2. The first-order chi connectivity index (χ1) is 8.86. The molecule has 5 N–H and O–H groups in total. The quantitative estimate of drug-likeness (QED) is 0.626. The Morgan fingerprint density at radius 1 is 1.11 bits per heavy atom. The van der Waals surface area contributed by atoms with Crippen LogP contribution in [0, 0.1) is 0 Å². The Morgan fingerprint density at radius 2 is 1.63 bits per heavy atom. The lowest BCUT2D eigenvalue weighted by atomic mass is 10.1. The second kappa shape index (κ2) is 5.71. The number of carbonyl (C=O) groups excluding carboxylic acids is 2. The molecule has 0 spiro atoms. The molecule has 0 saturated carbocycles. The van der Waals surface area contributed by atoms with Gasteiger partial charge in [0, 0.05) is 6.07 Å². The summed E-state index contributed by atoms with van der Waals surface area (Å²) in [6.45, 7) is -0.667. The lowest BCUT2D eigenvalue weighted by Crippen LogP contribution is -2.19. The average molecular weight is 268 g/mol. The zero-order chi connectivity index (χ0) is 14.6. The molecular formula is C11H12N2O6. The van der Waals surface area contributed by atoms with Gasteiger partial charge in [0.15, 0.2) is 6.61 Å². The minimum atomic E-state index is -1.23. The molecule has 8 heteroatoms. The van der Waals surface area contributed by atoms with Gasteiger partial charge in [0.05, 0.1) is 18.2 Å². The van der Waals surface area contributed by atoms with Crippen LogP contribution in [0.15, 0.2) is 12.1 Å². The van der Waals surface area contributed by atoms with Crippen molar-refractivity contribution < 1.29 is 29.0 Å². The summed E-state index contributed by atoms with van der Waals surface area (Å²) in [7, 11) is 1.28. The number of rotatable bonds is 6. The monoisotopic (exact) mass is 268 g/mol. The van der Waals surface area contributed by atoms with E-state index in [1.165, 1.54) is 13.2 Å². The van der Waals surface area contributed by atoms with Crippen molar-refractivity contribution in [1.29, 1.82) is 0 Å². The first-order valence-corrected chi connectivity index (χ1v) is 5.03. The van der Waals surface area contributed by atoms with E-state index >= 15 is 0 Å². The number of carbonyl (C=O) groups is 3. The Labute approximate surface area is 107 Å². The first-order valence-electron chi connectivity index (χ1n) is 5.03. The zero-order valence-corrected chi connectivity index (χ0v) is 10.0. The van der Waals surface area contributed by atoms with Gasteiger partial charge >= 0.3 is 5.97 Å². The van der Waals surface area contributed by atoms with Crippen LogP contribution in [0.4, 0.5) is 0 Å². The van der Waals surface area contributed by atoms with Crippen LogP contribution in [0.1, 0.15) is 20.7 Å². The van der Waals surface area contributed by atoms with E-state index in [-0.39, 0.29) is 22.6 Å². The molecule has 1 aromatic rings. The van der Waals surface area contributed by atoms with Crippen molar-refractivity contribution in [2.75, 3.05) is 13.7 Å². The molecule has 102 valence electrons. The summed E-state index contributed by atoms with van der Waals surface area (Å²) in [6, 6.07) is 2.28. The number of hydrogen-bond donors (Lipinski definition) is 3. The third-order valence-corrected chi connectivity index (χ3v) is 2.18. The fraction of sp³-hybridized carbons (Fsp3) is 0.182. The summed E-state index contributed by atoms with van der Waals surface area (Å²) >= 11 is 0. The normalized spacial score (nSPS) is 9.74. The van der Waals surface area contributed by atoms with E-state index in [1.54, 1.807) is 0 Å². The van der Waals surface area contributed by atoms with Crippen LogP contribution in [0.2, 0.25) is 0 Å². The van der Waals surface area contributed by atoms with E-state index in [9.17, 15) is 14.4 Å². The number of carboxylic acid groups (broad SMARTS) is 1. The topological polar surface area (TPSA) is 142 Å². The van der Waals surface area contributed by atoms with E-state index in [0.29, 0.717) is 0 Å². The van der Waals surface area contributed by atoms with Gasteiger partial charge in [-0.15, -0.1) is 0 Å². The predicted octanol–water partition coefficient (Wildman–Crippen LogP) is -0.644. The number of primary amides is 2. The van der Waals surface area contributed by atoms with Crippen LogP contribution < -0.4 is 20.9 Å². The Bertz CT molecular complexity index is 540. The second-order valence-corrected chi connectivity index (χ2v) is 3.46. The SMILES string of the molecule is COc1cc(OCC(=O)O)c(C(N)=O)cc1C(N)=O. The van der Waals surface area contributed by atoms with E-state index in [1.807, 2.05) is 0 Å². The van der Waals surface area contributed by atoms with Gasteiger partial charge in [0.1, 0.15) is 11.5 Å². The summed E-state index contributed by atoms with van der Waals surface area (Å²) in [5, 5.41) is 8.53. The maximum Gasteiger partial charge on any atom is 0.341 e. The molecule has 1 aromatic carbocycles. The fourth-order valence-corrected chi connectivity index (χ4v) is 1.37. The molecule has 0 unspecified atom stereocenters. The van der Waals surface area contributed by atoms with Crippen LogP contribution in [0.25, 0.3) is 0 Å². The summed E-state index contributed by atoms with van der Waals surface area (Å²) < 4.78 is 9.81. The Balaban J connectivity index is 3.31. The molecule has 0 heterocycles. The summed E-state index contributed by atoms with van der Waals surface area (Å²) in [5.41, 5.74) is 10.0. The molecule has 0 radical (unpaired) electrons. The summed E-state index contributed by atoms with van der Waals surface area (Å²) in [5.74, 6) is -2.97. The molecule has 0 aliphatic heterocycles. The lowest BCUT2D eigenvalue weighted by molar-refractivity contribution is -0.139. The highest BCUT2D eigenvalue weighted by atomic mass is 16.5. The number of aliphatic carboxylic acids is 1. The van der Waals surface area contributed by atoms with Crippen molar-refractivity contribution in [1.82, 2.24) is 0 Å². The maximum atomic E-state index is 11.2. The number of carboxylic acids is 1. The van der Waals surface area contributed by atoms with Gasteiger partial charge in [-0.2, -0.15) is 0 Å². The molecule has 0 aliphatic rings. The van der Waals surface area contributed by atoms with Crippen molar-refractivity contribution in [2.45, 2.75) is 0 Å². The third kappa shape index (κ3) is 3.35. The van der Waals surface area contributed by atoms with Gasteiger partial charge in [-0.25, -0.2) is 4.79 Å². The molecule has 1 rings (SSSR count). The molecule has 0 saturated heterocycles. The molecule has 0 aromatic heterocycles. The van der Waals surface area contributed by atoms with Crippen molar-refractivity contribution in [3.05, 3.63) is 23.3 Å². The van der Waals surface area contributed by atoms with Crippen LogP contribution >= 0.6 is 0 Å². The van der Waals surface area contributed by atoms with Gasteiger partial charge in [-0.3, -0.25) is 9.59 Å². The highest BCUT2D eigenvalue weighted by molar-refractivity contribution is 6.02. The van der Waals surface area contributed by atoms with Gasteiger partial charge in [0.2, 0.25) is 0 Å². The first kappa shape index (κ1) is 14.3. The van der Waals surface area contributed by atoms with E-state index < -0.39 is 24.4 Å². The molecule has 2 amide bonds. The molecule has 19 heavy (non-hydrogen) atoms. The molecular weight excluding hydrogens is 256 g/mol. The van der Waals surface area contributed by atoms with Crippen molar-refractivity contribution in [3.63, 3.8) is 0 Å². The van der Waals surface area contributed by atoms with Crippen LogP contribution in [0.3, 0.4) is 0 Å². The predicted molar refractivity (Wildman–Crippen MR) is 63.2 cm³/mol. The van der Waals surface area contributed by atoms with Crippen molar-refractivity contribution in [3.8, 4) is 11.5 Å². The number of hydrogen-bond acceptors (Lipinski definition) is 5. The van der Waals surface area contributed by atoms with Gasteiger partial charge in [0.25, 0.3) is 11.8 Å². The number of ether oxygens (including phenoxy) is 2. The van der Waals surface area contributed by atoms with E-state index in [4.69, 9.17) is 26.0 Å². The average Bonchev–Trinajstić information content (AvgIpc) is 2.34. The summed E-state index contributed by atoms with van der Waals surface area (Å²) in [6.07, 6.45) is 0. The molecule has 0 atom stereocenters. The third-order valence-electron chi connectivity index (χ3n) is 2.18. The molecule has 0 aliphatic carbocycles.